The van der Waals surface area contributed by atoms with Gasteiger partial charge in [0.05, 0.1) is 0 Å². The fourth-order valence-corrected chi connectivity index (χ4v) is 2.50. The van der Waals surface area contributed by atoms with Gasteiger partial charge >= 0.3 is 0 Å². The van der Waals surface area contributed by atoms with E-state index in [1.54, 1.807) is 0 Å². The first-order valence-corrected chi connectivity index (χ1v) is 5.48. The van der Waals surface area contributed by atoms with Gasteiger partial charge in [0.15, 0.2) is 0 Å². The number of nitrogens with two attached hydrogens (primary N) is 1. The second-order valence-corrected chi connectivity index (χ2v) is 4.92. The zero-order valence-corrected chi connectivity index (χ0v) is 8.57. The standard InChI is InChI=1S/C9H18N2S/c1-8(5-10)6-11-3-4-12-9(2)7-11/h9H,1,3-7,10H2,2H3. The van der Waals surface area contributed by atoms with E-state index in [4.69, 9.17) is 5.73 Å². The summed E-state index contributed by atoms with van der Waals surface area (Å²) < 4.78 is 0. The molecule has 0 aromatic heterocycles. The summed E-state index contributed by atoms with van der Waals surface area (Å²) in [5.41, 5.74) is 6.64. The zero-order valence-electron chi connectivity index (χ0n) is 7.75. The summed E-state index contributed by atoms with van der Waals surface area (Å²) in [6.45, 7) is 10.2. The van der Waals surface area contributed by atoms with Crippen LogP contribution >= 0.6 is 11.8 Å². The lowest BCUT2D eigenvalue weighted by Crippen LogP contribution is -2.38. The van der Waals surface area contributed by atoms with E-state index in [-0.39, 0.29) is 0 Å². The van der Waals surface area contributed by atoms with Crippen molar-refractivity contribution in [2.24, 2.45) is 5.73 Å². The Hall–Kier alpha value is 0.0100. The van der Waals surface area contributed by atoms with Gasteiger partial charge in [0.25, 0.3) is 0 Å². The van der Waals surface area contributed by atoms with Crippen molar-refractivity contribution in [1.82, 2.24) is 4.90 Å². The summed E-state index contributed by atoms with van der Waals surface area (Å²) in [6.07, 6.45) is 0. The maximum Gasteiger partial charge on any atom is 0.0203 e. The van der Waals surface area contributed by atoms with Gasteiger partial charge in [-0.15, -0.1) is 0 Å². The normalized spacial score (nSPS) is 25.7. The lowest BCUT2D eigenvalue weighted by atomic mass is 10.2. The quantitative estimate of drug-likeness (QED) is 0.665. The molecule has 2 N–H and O–H groups in total. The van der Waals surface area contributed by atoms with Gasteiger partial charge in [-0.2, -0.15) is 11.8 Å². The van der Waals surface area contributed by atoms with Crippen LogP contribution in [-0.2, 0) is 0 Å². The summed E-state index contributed by atoms with van der Waals surface area (Å²) in [5.74, 6) is 1.25. The summed E-state index contributed by atoms with van der Waals surface area (Å²) >= 11 is 2.05. The van der Waals surface area contributed by atoms with Crippen molar-refractivity contribution in [2.75, 3.05) is 31.9 Å². The SMILES string of the molecule is C=C(CN)CN1CCSC(C)C1. The van der Waals surface area contributed by atoms with Crippen molar-refractivity contribution in [1.29, 1.82) is 0 Å². The van der Waals surface area contributed by atoms with Crippen LogP contribution in [0.3, 0.4) is 0 Å². The smallest absolute Gasteiger partial charge is 0.0203 e. The van der Waals surface area contributed by atoms with Crippen LogP contribution in [0.15, 0.2) is 12.2 Å². The average Bonchev–Trinajstić information content (AvgIpc) is 2.04. The minimum atomic E-state index is 0.623. The second-order valence-electron chi connectivity index (χ2n) is 3.37. The molecule has 1 rings (SSSR count). The molecule has 0 amide bonds. The van der Waals surface area contributed by atoms with Gasteiger partial charge in [0, 0.05) is 37.2 Å². The molecule has 0 saturated carbocycles. The molecule has 0 aliphatic carbocycles. The molecule has 1 unspecified atom stereocenters. The highest BCUT2D eigenvalue weighted by molar-refractivity contribution is 7.99. The first-order chi connectivity index (χ1) is 5.72. The van der Waals surface area contributed by atoms with E-state index < -0.39 is 0 Å². The first kappa shape index (κ1) is 10.1. The predicted octanol–water partition coefficient (Wildman–Crippen LogP) is 0.939. The Morgan fingerprint density at radius 1 is 1.75 bits per heavy atom. The van der Waals surface area contributed by atoms with Crippen LogP contribution in [0.25, 0.3) is 0 Å². The van der Waals surface area contributed by atoms with Crippen LogP contribution in [-0.4, -0.2) is 42.1 Å². The molecule has 70 valence electrons. The highest BCUT2D eigenvalue weighted by atomic mass is 32.2. The van der Waals surface area contributed by atoms with E-state index in [9.17, 15) is 0 Å². The maximum absolute atomic E-state index is 5.49. The Morgan fingerprint density at radius 3 is 3.08 bits per heavy atom. The lowest BCUT2D eigenvalue weighted by molar-refractivity contribution is 0.309. The Morgan fingerprint density at radius 2 is 2.50 bits per heavy atom. The molecule has 12 heavy (non-hydrogen) atoms. The number of nitrogens with zero attached hydrogens (tertiary/aromatic N) is 1. The van der Waals surface area contributed by atoms with Gasteiger partial charge in [-0.3, -0.25) is 4.90 Å². The fourth-order valence-electron chi connectivity index (χ4n) is 1.41. The van der Waals surface area contributed by atoms with Crippen molar-refractivity contribution in [2.45, 2.75) is 12.2 Å². The number of rotatable bonds is 3. The van der Waals surface area contributed by atoms with Gasteiger partial charge in [-0.25, -0.2) is 0 Å². The zero-order chi connectivity index (χ0) is 8.97. The highest BCUT2D eigenvalue weighted by Gasteiger charge is 2.16. The van der Waals surface area contributed by atoms with Crippen molar-refractivity contribution in [3.05, 3.63) is 12.2 Å². The average molecular weight is 186 g/mol. The minimum Gasteiger partial charge on any atom is -0.327 e. The molecule has 1 atom stereocenters. The number of hydrogen-bond donors (Lipinski definition) is 1. The van der Waals surface area contributed by atoms with Gasteiger partial charge in [0.2, 0.25) is 0 Å². The van der Waals surface area contributed by atoms with Crippen LogP contribution < -0.4 is 5.73 Å². The van der Waals surface area contributed by atoms with E-state index >= 15 is 0 Å². The molecular weight excluding hydrogens is 168 g/mol. The Labute approximate surface area is 79.2 Å². The highest BCUT2D eigenvalue weighted by Crippen LogP contribution is 2.17. The van der Waals surface area contributed by atoms with Crippen LogP contribution in [0.5, 0.6) is 0 Å². The molecule has 1 heterocycles. The van der Waals surface area contributed by atoms with E-state index in [0.717, 1.165) is 17.4 Å². The molecule has 2 nitrogen and oxygen atoms in total. The molecule has 0 aromatic carbocycles. The molecule has 0 spiro atoms. The molecular formula is C9H18N2S. The van der Waals surface area contributed by atoms with Gasteiger partial charge in [-0.05, 0) is 5.57 Å². The lowest BCUT2D eigenvalue weighted by Gasteiger charge is -2.30. The maximum atomic E-state index is 5.49. The van der Waals surface area contributed by atoms with Gasteiger partial charge < -0.3 is 5.73 Å². The molecule has 0 aromatic rings. The third kappa shape index (κ3) is 3.17. The Bertz CT molecular complexity index is 159. The van der Waals surface area contributed by atoms with E-state index in [1.807, 2.05) is 0 Å². The third-order valence-electron chi connectivity index (χ3n) is 2.06. The van der Waals surface area contributed by atoms with Gasteiger partial charge in [-0.1, -0.05) is 13.5 Å². The summed E-state index contributed by atoms with van der Waals surface area (Å²) in [4.78, 5) is 2.44. The molecule has 0 radical (unpaired) electrons. The van der Waals surface area contributed by atoms with Gasteiger partial charge in [0.1, 0.15) is 0 Å². The molecule has 1 saturated heterocycles. The monoisotopic (exact) mass is 186 g/mol. The number of hydrogen-bond acceptors (Lipinski definition) is 3. The molecule has 1 aliphatic rings. The largest absolute Gasteiger partial charge is 0.327 e. The molecule has 3 heteroatoms. The van der Waals surface area contributed by atoms with E-state index in [1.165, 1.54) is 18.8 Å². The Kier molecular flexibility index (Phi) is 4.12. The van der Waals surface area contributed by atoms with E-state index in [0.29, 0.717) is 6.54 Å². The summed E-state index contributed by atoms with van der Waals surface area (Å²) in [7, 11) is 0. The predicted molar refractivity (Wildman–Crippen MR) is 56.6 cm³/mol. The van der Waals surface area contributed by atoms with Crippen LogP contribution in [0.1, 0.15) is 6.92 Å². The summed E-state index contributed by atoms with van der Waals surface area (Å²) in [6, 6.07) is 0. The summed E-state index contributed by atoms with van der Waals surface area (Å²) in [5, 5.41) is 0.768. The molecule has 0 bridgehead atoms. The van der Waals surface area contributed by atoms with Crippen molar-refractivity contribution >= 4 is 11.8 Å². The molecule has 1 aliphatic heterocycles. The second kappa shape index (κ2) is 4.90. The van der Waals surface area contributed by atoms with Crippen LogP contribution in [0, 0.1) is 0 Å². The van der Waals surface area contributed by atoms with Crippen molar-refractivity contribution in [3.8, 4) is 0 Å². The van der Waals surface area contributed by atoms with Crippen LogP contribution in [0.4, 0.5) is 0 Å². The third-order valence-corrected chi connectivity index (χ3v) is 3.20. The number of thioether (sulfide) groups is 1. The van der Waals surface area contributed by atoms with Crippen LogP contribution in [0.2, 0.25) is 0 Å². The van der Waals surface area contributed by atoms with E-state index in [2.05, 4.69) is 30.2 Å². The minimum absolute atomic E-state index is 0.623. The van der Waals surface area contributed by atoms with Crippen molar-refractivity contribution in [3.63, 3.8) is 0 Å². The first-order valence-electron chi connectivity index (χ1n) is 4.43. The van der Waals surface area contributed by atoms with Crippen molar-refractivity contribution < 1.29 is 0 Å². The molecule has 1 fully saturated rings. The fraction of sp³-hybridized carbons (Fsp3) is 0.778. The topological polar surface area (TPSA) is 29.3 Å². The Balaban J connectivity index is 2.27.